The van der Waals surface area contributed by atoms with E-state index in [0.717, 1.165) is 26.7 Å². The Hall–Kier alpha value is -2.61. The lowest BCUT2D eigenvalue weighted by atomic mass is 9.78. The number of aliphatic imine (C=N–C) groups is 1. The number of pyridine rings is 2. The van der Waals surface area contributed by atoms with Gasteiger partial charge in [-0.3, -0.25) is 5.21 Å². The Labute approximate surface area is 199 Å². The minimum Gasteiger partial charge on any atom is -0.383 e. The molecule has 3 aromatic heterocycles. The van der Waals surface area contributed by atoms with Crippen LogP contribution < -0.4 is 5.06 Å². The molecule has 1 fully saturated rings. The predicted molar refractivity (Wildman–Crippen MR) is 138 cm³/mol. The first-order chi connectivity index (χ1) is 15.9. The molecule has 1 N–H and O–H groups in total. The van der Waals surface area contributed by atoms with Gasteiger partial charge in [-0.25, -0.2) is 20.0 Å². The molecule has 0 radical (unpaired) electrons. The second-order valence-electron chi connectivity index (χ2n) is 8.87. The summed E-state index contributed by atoms with van der Waals surface area (Å²) in [7, 11) is 1.65. The summed E-state index contributed by atoms with van der Waals surface area (Å²) < 4.78 is 5.18. The van der Waals surface area contributed by atoms with Crippen LogP contribution in [0.2, 0.25) is 0 Å². The first-order valence-corrected chi connectivity index (χ1v) is 12.3. The Balaban J connectivity index is 1.87. The molecule has 33 heavy (non-hydrogen) atoms. The monoisotopic (exact) mass is 464 g/mol. The maximum atomic E-state index is 10.8. The smallest absolute Gasteiger partial charge is 0.154 e. The Morgan fingerprint density at radius 2 is 2.15 bits per heavy atom. The van der Waals surface area contributed by atoms with Gasteiger partial charge in [-0.15, -0.1) is 0 Å². The number of allylic oxidation sites excluding steroid dienone is 1. The van der Waals surface area contributed by atoms with Crippen LogP contribution in [0.15, 0.2) is 36.0 Å². The molecule has 4 rings (SSSR count). The number of nitrogens with zero attached hydrogens (tertiary/aromatic N) is 4. The van der Waals surface area contributed by atoms with Gasteiger partial charge in [-0.05, 0) is 54.9 Å². The number of aromatic nitrogens is 2. The number of anilines is 1. The molecule has 0 aliphatic heterocycles. The second kappa shape index (κ2) is 10.1. The SMILES string of the molecule is C=C/C=N\c1ncc(-c2cc(C3CCC3)c3c(C(C)C)c(N(O)CCOC)sc3n2)cc1C. The molecule has 1 saturated carbocycles. The highest BCUT2D eigenvalue weighted by atomic mass is 32.1. The lowest BCUT2D eigenvalue weighted by molar-refractivity contribution is 0.167. The molecule has 0 aromatic carbocycles. The normalized spacial score (nSPS) is 14.4. The zero-order chi connectivity index (χ0) is 23.5. The third-order valence-corrected chi connectivity index (χ3v) is 7.34. The summed E-state index contributed by atoms with van der Waals surface area (Å²) in [5.74, 6) is 1.49. The summed E-state index contributed by atoms with van der Waals surface area (Å²) in [5, 5.41) is 14.2. The molecule has 0 amide bonds. The van der Waals surface area contributed by atoms with Crippen molar-refractivity contribution in [1.82, 2.24) is 9.97 Å². The van der Waals surface area contributed by atoms with Crippen molar-refractivity contribution in [2.75, 3.05) is 25.3 Å². The van der Waals surface area contributed by atoms with Gasteiger partial charge >= 0.3 is 0 Å². The number of methoxy groups -OCH3 is 1. The van der Waals surface area contributed by atoms with E-state index in [9.17, 15) is 5.21 Å². The van der Waals surface area contributed by atoms with Crippen LogP contribution in [0.25, 0.3) is 21.5 Å². The van der Waals surface area contributed by atoms with Gasteiger partial charge in [0.1, 0.15) is 9.83 Å². The molecule has 0 spiro atoms. The van der Waals surface area contributed by atoms with Crippen molar-refractivity contribution in [3.05, 3.63) is 47.7 Å². The number of fused-ring (bicyclic) bond motifs is 1. The van der Waals surface area contributed by atoms with Gasteiger partial charge in [0.2, 0.25) is 0 Å². The third-order valence-electron chi connectivity index (χ3n) is 6.22. The number of aryl methyl sites for hydroxylation is 1. The van der Waals surface area contributed by atoms with Gasteiger partial charge in [0.15, 0.2) is 5.82 Å². The van der Waals surface area contributed by atoms with Crippen molar-refractivity contribution in [1.29, 1.82) is 0 Å². The Bertz CT molecular complexity index is 1180. The van der Waals surface area contributed by atoms with E-state index in [1.54, 1.807) is 30.7 Å². The lowest BCUT2D eigenvalue weighted by Crippen LogP contribution is -2.23. The largest absolute Gasteiger partial charge is 0.383 e. The number of hydrogen-bond acceptors (Lipinski definition) is 7. The van der Waals surface area contributed by atoms with Gasteiger partial charge in [0.25, 0.3) is 0 Å². The zero-order valence-corrected chi connectivity index (χ0v) is 20.7. The second-order valence-corrected chi connectivity index (χ2v) is 9.85. The number of thiophene rings is 1. The van der Waals surface area contributed by atoms with E-state index in [-0.39, 0.29) is 5.92 Å². The molecule has 3 aromatic rings. The fourth-order valence-corrected chi connectivity index (χ4v) is 5.60. The Morgan fingerprint density at radius 3 is 2.76 bits per heavy atom. The summed E-state index contributed by atoms with van der Waals surface area (Å²) in [6.07, 6.45) is 8.79. The maximum absolute atomic E-state index is 10.8. The fourth-order valence-electron chi connectivity index (χ4n) is 4.30. The summed E-state index contributed by atoms with van der Waals surface area (Å²) >= 11 is 1.56. The topological polar surface area (TPSA) is 70.8 Å². The van der Waals surface area contributed by atoms with Gasteiger partial charge in [0.05, 0.1) is 18.8 Å². The van der Waals surface area contributed by atoms with E-state index in [4.69, 9.17) is 9.72 Å². The molecule has 174 valence electrons. The van der Waals surface area contributed by atoms with Crippen molar-refractivity contribution in [3.63, 3.8) is 0 Å². The number of ether oxygens (including phenoxy) is 1. The van der Waals surface area contributed by atoms with E-state index >= 15 is 0 Å². The van der Waals surface area contributed by atoms with Crippen LogP contribution in [0.3, 0.4) is 0 Å². The molecular formula is C26H32N4O2S. The van der Waals surface area contributed by atoms with Crippen molar-refractivity contribution >= 4 is 38.6 Å². The molecule has 0 unspecified atom stereocenters. The molecular weight excluding hydrogens is 432 g/mol. The molecule has 7 heteroatoms. The van der Waals surface area contributed by atoms with Crippen LogP contribution in [0, 0.1) is 6.92 Å². The van der Waals surface area contributed by atoms with Crippen molar-refractivity contribution in [2.45, 2.75) is 51.9 Å². The highest BCUT2D eigenvalue weighted by Crippen LogP contribution is 2.48. The van der Waals surface area contributed by atoms with E-state index in [2.05, 4.69) is 42.5 Å². The van der Waals surface area contributed by atoms with E-state index in [0.29, 0.717) is 24.9 Å². The van der Waals surface area contributed by atoms with Crippen molar-refractivity contribution in [2.24, 2.45) is 4.99 Å². The minimum atomic E-state index is 0.267. The number of hydrogen-bond donors (Lipinski definition) is 1. The third kappa shape index (κ3) is 4.71. The Morgan fingerprint density at radius 1 is 1.36 bits per heavy atom. The summed E-state index contributed by atoms with van der Waals surface area (Å²) in [6.45, 7) is 10.9. The molecule has 1 aliphatic carbocycles. The average molecular weight is 465 g/mol. The molecule has 0 saturated heterocycles. The quantitative estimate of drug-likeness (QED) is 0.279. The standard InChI is InChI=1S/C26H32N4O2S/c1-6-10-27-24-17(4)13-19(15-28-24)21-14-20(18-8-7-9-18)23-22(16(2)3)26(33-25(23)29-21)30(31)11-12-32-5/h6,10,13-16,18,31H,1,7-9,11-12H2,2-5H3/b27-10-. The van der Waals surface area contributed by atoms with E-state index in [1.165, 1.54) is 40.8 Å². The van der Waals surface area contributed by atoms with Crippen LogP contribution in [0.4, 0.5) is 10.8 Å². The highest BCUT2D eigenvalue weighted by molar-refractivity contribution is 7.22. The van der Waals surface area contributed by atoms with Gasteiger partial charge in [0, 0.05) is 36.0 Å². The number of hydroxylamine groups is 1. The zero-order valence-electron chi connectivity index (χ0n) is 19.8. The summed E-state index contributed by atoms with van der Waals surface area (Å²) in [5.41, 5.74) is 5.42. The first-order valence-electron chi connectivity index (χ1n) is 11.5. The molecule has 0 bridgehead atoms. The molecule has 6 nitrogen and oxygen atoms in total. The van der Waals surface area contributed by atoms with Crippen molar-refractivity contribution < 1.29 is 9.94 Å². The van der Waals surface area contributed by atoms with Crippen molar-refractivity contribution in [3.8, 4) is 11.3 Å². The minimum absolute atomic E-state index is 0.267. The van der Waals surface area contributed by atoms with Crippen LogP contribution in [0.5, 0.6) is 0 Å². The van der Waals surface area contributed by atoms with Crippen LogP contribution in [-0.2, 0) is 4.74 Å². The maximum Gasteiger partial charge on any atom is 0.154 e. The molecule has 3 heterocycles. The van der Waals surface area contributed by atoms with Gasteiger partial charge in [-0.2, -0.15) is 0 Å². The fraction of sp³-hybridized carbons (Fsp3) is 0.423. The predicted octanol–water partition coefficient (Wildman–Crippen LogP) is 6.79. The van der Waals surface area contributed by atoms with Crippen LogP contribution in [-0.4, -0.2) is 41.7 Å². The average Bonchev–Trinajstić information content (AvgIpc) is 3.15. The first kappa shape index (κ1) is 23.5. The number of rotatable bonds is 9. The molecule has 0 atom stereocenters. The van der Waals surface area contributed by atoms with Gasteiger partial charge in [-0.1, -0.05) is 44.3 Å². The summed E-state index contributed by atoms with van der Waals surface area (Å²) in [6, 6.07) is 4.34. The van der Waals surface area contributed by atoms with Crippen LogP contribution >= 0.6 is 11.3 Å². The van der Waals surface area contributed by atoms with E-state index in [1.807, 2.05) is 13.1 Å². The van der Waals surface area contributed by atoms with Gasteiger partial charge < -0.3 is 4.74 Å². The highest BCUT2D eigenvalue weighted by Gasteiger charge is 2.29. The van der Waals surface area contributed by atoms with E-state index < -0.39 is 0 Å². The Kier molecular flexibility index (Phi) is 7.22. The summed E-state index contributed by atoms with van der Waals surface area (Å²) in [4.78, 5) is 14.9. The molecule has 1 aliphatic rings. The lowest BCUT2D eigenvalue weighted by Gasteiger charge is -2.28. The van der Waals surface area contributed by atoms with Crippen LogP contribution in [0.1, 0.15) is 61.6 Å².